The van der Waals surface area contributed by atoms with Crippen molar-refractivity contribution in [2.75, 3.05) is 0 Å². The minimum Gasteiger partial charge on any atom is -0.356 e. The third kappa shape index (κ3) is 0.987. The van der Waals surface area contributed by atoms with Crippen molar-refractivity contribution in [3.8, 4) is 0 Å². The molecule has 0 aliphatic rings. The summed E-state index contributed by atoms with van der Waals surface area (Å²) in [7, 11) is 0. The molecule has 12 heavy (non-hydrogen) atoms. The van der Waals surface area contributed by atoms with Crippen LogP contribution in [0.15, 0.2) is 22.9 Å². The van der Waals surface area contributed by atoms with E-state index in [9.17, 15) is 0 Å². The minimum absolute atomic E-state index is 0.558. The maximum absolute atomic E-state index is 5.53. The van der Waals surface area contributed by atoms with Crippen molar-refractivity contribution in [3.63, 3.8) is 0 Å². The number of fused-ring (bicyclic) bond motifs is 1. The molecule has 0 fully saturated rings. The van der Waals surface area contributed by atoms with Crippen molar-refractivity contribution in [3.05, 3.63) is 29.5 Å². The van der Waals surface area contributed by atoms with E-state index in [1.807, 2.05) is 19.1 Å². The van der Waals surface area contributed by atoms with Gasteiger partial charge in [0, 0.05) is 11.9 Å². The van der Waals surface area contributed by atoms with E-state index in [2.05, 4.69) is 5.16 Å². The van der Waals surface area contributed by atoms with Crippen molar-refractivity contribution in [2.45, 2.75) is 13.5 Å². The van der Waals surface area contributed by atoms with Gasteiger partial charge >= 0.3 is 0 Å². The van der Waals surface area contributed by atoms with Gasteiger partial charge in [0.25, 0.3) is 0 Å². The molecule has 0 amide bonds. The SMILES string of the molecule is Cc1cc(CN)cc2cnoc12. The van der Waals surface area contributed by atoms with Crippen LogP contribution in [0.3, 0.4) is 0 Å². The molecule has 0 radical (unpaired) electrons. The van der Waals surface area contributed by atoms with Gasteiger partial charge in [-0.3, -0.25) is 0 Å². The van der Waals surface area contributed by atoms with Crippen LogP contribution in [0.2, 0.25) is 0 Å². The Morgan fingerprint density at radius 1 is 1.50 bits per heavy atom. The second-order valence-corrected chi connectivity index (χ2v) is 2.86. The second-order valence-electron chi connectivity index (χ2n) is 2.86. The number of benzene rings is 1. The molecule has 0 spiro atoms. The van der Waals surface area contributed by atoms with Gasteiger partial charge in [-0.2, -0.15) is 0 Å². The summed E-state index contributed by atoms with van der Waals surface area (Å²) >= 11 is 0. The van der Waals surface area contributed by atoms with Crippen molar-refractivity contribution in [1.29, 1.82) is 0 Å². The summed E-state index contributed by atoms with van der Waals surface area (Å²) in [6.07, 6.45) is 1.71. The van der Waals surface area contributed by atoms with E-state index in [4.69, 9.17) is 10.3 Å². The Hall–Kier alpha value is -1.35. The second kappa shape index (κ2) is 2.60. The van der Waals surface area contributed by atoms with Gasteiger partial charge in [-0.15, -0.1) is 0 Å². The number of aryl methyl sites for hydroxylation is 1. The van der Waals surface area contributed by atoms with Crippen LogP contribution >= 0.6 is 0 Å². The van der Waals surface area contributed by atoms with E-state index in [1.165, 1.54) is 0 Å². The molecule has 2 rings (SSSR count). The zero-order valence-electron chi connectivity index (χ0n) is 6.87. The molecule has 0 atom stereocenters. The monoisotopic (exact) mass is 162 g/mol. The largest absolute Gasteiger partial charge is 0.356 e. The molecule has 0 aliphatic carbocycles. The van der Waals surface area contributed by atoms with E-state index in [1.54, 1.807) is 6.20 Å². The van der Waals surface area contributed by atoms with Crippen LogP contribution in [-0.4, -0.2) is 5.16 Å². The molecule has 0 aliphatic heterocycles. The Bertz CT molecular complexity index is 406. The molecule has 62 valence electrons. The van der Waals surface area contributed by atoms with E-state index in [0.29, 0.717) is 6.54 Å². The van der Waals surface area contributed by atoms with E-state index >= 15 is 0 Å². The Morgan fingerprint density at radius 2 is 2.33 bits per heavy atom. The first-order valence-electron chi connectivity index (χ1n) is 3.85. The summed E-state index contributed by atoms with van der Waals surface area (Å²) in [4.78, 5) is 0. The first-order valence-corrected chi connectivity index (χ1v) is 3.85. The molecular formula is C9H10N2O. The van der Waals surface area contributed by atoms with Gasteiger partial charge in [0.05, 0.1) is 6.20 Å². The molecule has 1 aromatic heterocycles. The van der Waals surface area contributed by atoms with Crippen molar-refractivity contribution in [2.24, 2.45) is 5.73 Å². The van der Waals surface area contributed by atoms with Gasteiger partial charge in [0.15, 0.2) is 5.58 Å². The molecule has 1 aromatic carbocycles. The molecule has 0 unspecified atom stereocenters. The summed E-state index contributed by atoms with van der Waals surface area (Å²) in [5.41, 5.74) is 8.58. The molecule has 3 nitrogen and oxygen atoms in total. The summed E-state index contributed by atoms with van der Waals surface area (Å²) < 4.78 is 5.06. The van der Waals surface area contributed by atoms with Crippen molar-refractivity contribution >= 4 is 11.0 Å². The van der Waals surface area contributed by atoms with Gasteiger partial charge in [0.1, 0.15) is 0 Å². The predicted molar refractivity (Wildman–Crippen MR) is 46.6 cm³/mol. The number of hydrogen-bond acceptors (Lipinski definition) is 3. The molecular weight excluding hydrogens is 152 g/mol. The Labute approximate surface area is 70.1 Å². The Balaban J connectivity index is 2.75. The third-order valence-corrected chi connectivity index (χ3v) is 1.93. The first-order chi connectivity index (χ1) is 5.81. The molecule has 2 N–H and O–H groups in total. The number of hydrogen-bond donors (Lipinski definition) is 1. The van der Waals surface area contributed by atoms with Crippen LogP contribution in [-0.2, 0) is 6.54 Å². The lowest BCUT2D eigenvalue weighted by atomic mass is 10.1. The molecule has 0 saturated carbocycles. The van der Waals surface area contributed by atoms with Gasteiger partial charge in [-0.1, -0.05) is 11.2 Å². The lowest BCUT2D eigenvalue weighted by Crippen LogP contribution is -1.96. The van der Waals surface area contributed by atoms with E-state index < -0.39 is 0 Å². The maximum Gasteiger partial charge on any atom is 0.169 e. The van der Waals surface area contributed by atoms with Crippen molar-refractivity contribution < 1.29 is 4.52 Å². The Morgan fingerprint density at radius 3 is 3.08 bits per heavy atom. The quantitative estimate of drug-likeness (QED) is 0.692. The lowest BCUT2D eigenvalue weighted by molar-refractivity contribution is 0.455. The van der Waals surface area contributed by atoms with Crippen LogP contribution in [0.25, 0.3) is 11.0 Å². The summed E-state index contributed by atoms with van der Waals surface area (Å²) in [6, 6.07) is 4.02. The third-order valence-electron chi connectivity index (χ3n) is 1.93. The fourth-order valence-corrected chi connectivity index (χ4v) is 1.35. The Kier molecular flexibility index (Phi) is 1.59. The van der Waals surface area contributed by atoms with Gasteiger partial charge in [-0.25, -0.2) is 0 Å². The highest BCUT2D eigenvalue weighted by Gasteiger charge is 2.03. The van der Waals surface area contributed by atoms with E-state index in [-0.39, 0.29) is 0 Å². The predicted octanol–water partition coefficient (Wildman–Crippen LogP) is 1.59. The normalized spacial score (nSPS) is 10.8. The highest BCUT2D eigenvalue weighted by atomic mass is 16.5. The number of nitrogens with two attached hydrogens (primary N) is 1. The zero-order chi connectivity index (χ0) is 8.55. The average Bonchev–Trinajstić information content (AvgIpc) is 2.52. The van der Waals surface area contributed by atoms with Crippen LogP contribution < -0.4 is 5.73 Å². The maximum atomic E-state index is 5.53. The van der Waals surface area contributed by atoms with Crippen LogP contribution in [0.4, 0.5) is 0 Å². The molecule has 0 bridgehead atoms. The zero-order valence-corrected chi connectivity index (χ0v) is 6.87. The summed E-state index contributed by atoms with van der Waals surface area (Å²) in [5.74, 6) is 0. The van der Waals surface area contributed by atoms with Crippen LogP contribution in [0, 0.1) is 6.92 Å². The van der Waals surface area contributed by atoms with Crippen LogP contribution in [0.1, 0.15) is 11.1 Å². The average molecular weight is 162 g/mol. The molecule has 2 aromatic rings. The summed E-state index contributed by atoms with van der Waals surface area (Å²) in [5, 5.41) is 4.75. The molecule has 0 saturated heterocycles. The molecule has 3 heteroatoms. The van der Waals surface area contributed by atoms with Gasteiger partial charge in [-0.05, 0) is 24.1 Å². The van der Waals surface area contributed by atoms with Crippen LogP contribution in [0.5, 0.6) is 0 Å². The fourth-order valence-electron chi connectivity index (χ4n) is 1.35. The smallest absolute Gasteiger partial charge is 0.169 e. The fraction of sp³-hybridized carbons (Fsp3) is 0.222. The number of nitrogens with zero attached hydrogens (tertiary/aromatic N) is 1. The standard InChI is InChI=1S/C9H10N2O/c1-6-2-7(4-10)3-8-5-11-12-9(6)8/h2-3,5H,4,10H2,1H3. The summed E-state index contributed by atoms with van der Waals surface area (Å²) in [6.45, 7) is 2.55. The highest BCUT2D eigenvalue weighted by Crippen LogP contribution is 2.19. The first kappa shape index (κ1) is 7.31. The number of rotatable bonds is 1. The number of aromatic nitrogens is 1. The van der Waals surface area contributed by atoms with E-state index in [0.717, 1.165) is 22.1 Å². The van der Waals surface area contributed by atoms with Gasteiger partial charge < -0.3 is 10.3 Å². The highest BCUT2D eigenvalue weighted by molar-refractivity contribution is 5.79. The molecule has 1 heterocycles. The van der Waals surface area contributed by atoms with Crippen molar-refractivity contribution in [1.82, 2.24) is 5.16 Å². The van der Waals surface area contributed by atoms with Gasteiger partial charge in [0.2, 0.25) is 0 Å². The minimum atomic E-state index is 0.558. The topological polar surface area (TPSA) is 52.0 Å². The lowest BCUT2D eigenvalue weighted by Gasteiger charge is -1.98.